The third-order valence-electron chi connectivity index (χ3n) is 3.87. The molecule has 5 nitrogen and oxygen atoms in total. The van der Waals surface area contributed by atoms with Crippen LogP contribution in [0.1, 0.15) is 27.7 Å². The van der Waals surface area contributed by atoms with Crippen molar-refractivity contribution in [1.82, 2.24) is 21.3 Å². The molecule has 0 fully saturated rings. The Bertz CT molecular complexity index is 303. The third-order valence-corrected chi connectivity index (χ3v) is 3.87. The molecule has 0 amide bonds. The Kier molecular flexibility index (Phi) is 8.49. The summed E-state index contributed by atoms with van der Waals surface area (Å²) in [5.41, 5.74) is 0. The maximum atomic E-state index is 4.53. The molecule has 116 valence electrons. The zero-order valence-corrected chi connectivity index (χ0v) is 13.3. The van der Waals surface area contributed by atoms with Crippen LogP contribution in [0.3, 0.4) is 0 Å². The van der Waals surface area contributed by atoms with Crippen molar-refractivity contribution in [3.05, 3.63) is 12.3 Å². The van der Waals surface area contributed by atoms with Gasteiger partial charge in [-0.25, -0.2) is 0 Å². The van der Waals surface area contributed by atoms with Crippen molar-refractivity contribution in [1.29, 1.82) is 0 Å². The maximum absolute atomic E-state index is 4.53. The van der Waals surface area contributed by atoms with Crippen LogP contribution in [-0.4, -0.2) is 56.6 Å². The molecule has 0 radical (unpaired) electrons. The average molecular weight is 281 g/mol. The quantitative estimate of drug-likeness (QED) is 0.522. The minimum absolute atomic E-state index is 0.283. The molecule has 0 bridgehead atoms. The zero-order chi connectivity index (χ0) is 14.8. The van der Waals surface area contributed by atoms with E-state index in [-0.39, 0.29) is 6.04 Å². The van der Waals surface area contributed by atoms with E-state index in [1.807, 2.05) is 18.5 Å². The van der Waals surface area contributed by atoms with Gasteiger partial charge < -0.3 is 21.3 Å². The third kappa shape index (κ3) is 7.03. The van der Waals surface area contributed by atoms with Gasteiger partial charge in [0.2, 0.25) is 0 Å². The highest BCUT2D eigenvalue weighted by Gasteiger charge is 2.10. The van der Waals surface area contributed by atoms with E-state index >= 15 is 0 Å². The van der Waals surface area contributed by atoms with Crippen molar-refractivity contribution in [2.75, 3.05) is 26.2 Å². The van der Waals surface area contributed by atoms with E-state index in [2.05, 4.69) is 54.0 Å². The van der Waals surface area contributed by atoms with E-state index < -0.39 is 0 Å². The summed E-state index contributed by atoms with van der Waals surface area (Å²) < 4.78 is 0. The Morgan fingerprint density at radius 1 is 0.850 bits per heavy atom. The van der Waals surface area contributed by atoms with Crippen LogP contribution in [0.2, 0.25) is 0 Å². The van der Waals surface area contributed by atoms with Gasteiger partial charge in [-0.15, -0.1) is 0 Å². The number of hydrogen-bond acceptors (Lipinski definition) is 5. The Labute approximate surface area is 123 Å². The molecule has 0 aliphatic carbocycles. The smallest absolute Gasteiger partial charge is 0.0621 e. The van der Waals surface area contributed by atoms with Crippen LogP contribution < -0.4 is 21.3 Å². The van der Waals surface area contributed by atoms with Crippen LogP contribution >= 0.6 is 0 Å². The summed E-state index contributed by atoms with van der Waals surface area (Å²) in [5, 5.41) is 13.8. The Hall–Kier alpha value is -0.910. The van der Waals surface area contributed by atoms with E-state index in [9.17, 15) is 0 Å². The van der Waals surface area contributed by atoms with E-state index in [4.69, 9.17) is 0 Å². The summed E-state index contributed by atoms with van der Waals surface area (Å²) in [5.74, 6) is 0. The number of hydrogen-bond donors (Lipinski definition) is 4. The molecule has 0 aromatic heterocycles. The van der Waals surface area contributed by atoms with E-state index in [1.54, 1.807) is 0 Å². The van der Waals surface area contributed by atoms with Gasteiger partial charge in [-0.2, -0.15) is 0 Å². The summed E-state index contributed by atoms with van der Waals surface area (Å²) in [4.78, 5) is 4.53. The number of rotatable bonds is 0. The van der Waals surface area contributed by atoms with Gasteiger partial charge in [0, 0.05) is 50.5 Å². The molecule has 20 heavy (non-hydrogen) atoms. The Morgan fingerprint density at radius 2 is 1.50 bits per heavy atom. The lowest BCUT2D eigenvalue weighted by atomic mass is 10.1. The fraction of sp³-hybridized carbons (Fsp3) is 0.800. The Morgan fingerprint density at radius 3 is 2.20 bits per heavy atom. The van der Waals surface area contributed by atoms with E-state index in [0.717, 1.165) is 26.2 Å². The van der Waals surface area contributed by atoms with Crippen molar-refractivity contribution in [2.24, 2.45) is 4.99 Å². The summed E-state index contributed by atoms with van der Waals surface area (Å²) in [7, 11) is 0. The molecule has 4 atom stereocenters. The predicted molar refractivity (Wildman–Crippen MR) is 87.5 cm³/mol. The SMILES string of the molecule is C[C@H]1N=C/C=C\N[C@H](C)[C@@H](C)NCCNCCN[C@@H]1C. The van der Waals surface area contributed by atoms with Crippen LogP contribution in [0, 0.1) is 0 Å². The first-order chi connectivity index (χ1) is 9.61. The molecular formula is C15H31N5. The zero-order valence-electron chi connectivity index (χ0n) is 13.3. The predicted octanol–water partition coefficient (Wildman–Crippen LogP) is 0.497. The second kappa shape index (κ2) is 9.91. The highest BCUT2D eigenvalue weighted by atomic mass is 15.0. The van der Waals surface area contributed by atoms with Gasteiger partial charge in [-0.3, -0.25) is 4.99 Å². The second-order valence-corrected chi connectivity index (χ2v) is 5.59. The number of aliphatic imine (C=N–C) groups is 1. The van der Waals surface area contributed by atoms with Crippen molar-refractivity contribution < 1.29 is 0 Å². The van der Waals surface area contributed by atoms with E-state index in [0.29, 0.717) is 18.1 Å². The lowest BCUT2D eigenvalue weighted by Gasteiger charge is -2.22. The number of nitrogens with zero attached hydrogens (tertiary/aromatic N) is 1. The monoisotopic (exact) mass is 281 g/mol. The maximum Gasteiger partial charge on any atom is 0.0621 e. The summed E-state index contributed by atoms with van der Waals surface area (Å²) in [6, 6.07) is 1.50. The fourth-order valence-corrected chi connectivity index (χ4v) is 1.96. The molecule has 4 N–H and O–H groups in total. The van der Waals surface area contributed by atoms with Gasteiger partial charge in [0.15, 0.2) is 0 Å². The summed E-state index contributed by atoms with van der Waals surface area (Å²) in [6.45, 7) is 12.7. The van der Waals surface area contributed by atoms with Crippen LogP contribution in [0.25, 0.3) is 0 Å². The summed E-state index contributed by atoms with van der Waals surface area (Å²) in [6.07, 6.45) is 5.83. The molecule has 0 spiro atoms. The van der Waals surface area contributed by atoms with Gasteiger partial charge in [0.05, 0.1) is 6.04 Å². The fourth-order valence-electron chi connectivity index (χ4n) is 1.96. The van der Waals surface area contributed by atoms with Crippen molar-refractivity contribution in [3.63, 3.8) is 0 Å². The van der Waals surface area contributed by atoms with E-state index in [1.165, 1.54) is 0 Å². The minimum Gasteiger partial charge on any atom is -0.387 e. The molecule has 1 aliphatic heterocycles. The molecule has 5 heteroatoms. The molecule has 1 rings (SSSR count). The lowest BCUT2D eigenvalue weighted by molar-refractivity contribution is 0.433. The minimum atomic E-state index is 0.283. The van der Waals surface area contributed by atoms with Gasteiger partial charge in [-0.1, -0.05) is 0 Å². The normalized spacial score (nSPS) is 36.2. The lowest BCUT2D eigenvalue weighted by Crippen LogP contribution is -2.45. The molecule has 0 saturated heterocycles. The van der Waals surface area contributed by atoms with Crippen molar-refractivity contribution >= 4 is 6.21 Å². The van der Waals surface area contributed by atoms with Gasteiger partial charge >= 0.3 is 0 Å². The van der Waals surface area contributed by atoms with Gasteiger partial charge in [0.25, 0.3) is 0 Å². The largest absolute Gasteiger partial charge is 0.387 e. The number of nitrogens with one attached hydrogen (secondary N) is 4. The Balaban J connectivity index is 2.52. The molecular weight excluding hydrogens is 250 g/mol. The second-order valence-electron chi connectivity index (χ2n) is 5.59. The first-order valence-electron chi connectivity index (χ1n) is 7.73. The first kappa shape index (κ1) is 17.1. The standard InChI is InChI=1S/C15H31N5/c1-12-14(3)19-10-8-16-9-11-20-15(4)13(2)18-7-5-6-17-12/h5-7,12-17,19-20H,8-11H2,1-4H3/b6-5-,18-7?/t12-,13-,14-,15-/m1/s1. The van der Waals surface area contributed by atoms with Crippen molar-refractivity contribution in [3.8, 4) is 0 Å². The van der Waals surface area contributed by atoms with Gasteiger partial charge in [0.1, 0.15) is 0 Å². The van der Waals surface area contributed by atoms with Crippen LogP contribution in [0.15, 0.2) is 17.3 Å². The molecule has 0 aromatic carbocycles. The molecule has 0 saturated carbocycles. The van der Waals surface area contributed by atoms with Gasteiger partial charge in [-0.05, 0) is 40.0 Å². The average Bonchev–Trinajstić information content (AvgIpc) is 2.43. The first-order valence-corrected chi connectivity index (χ1v) is 7.73. The van der Waals surface area contributed by atoms with Crippen molar-refractivity contribution in [2.45, 2.75) is 51.9 Å². The van der Waals surface area contributed by atoms with Crippen LogP contribution in [-0.2, 0) is 0 Å². The molecule has 0 unspecified atom stereocenters. The van der Waals surface area contributed by atoms with Crippen LogP contribution in [0.4, 0.5) is 0 Å². The molecule has 1 heterocycles. The number of allylic oxidation sites excluding steroid dienone is 1. The molecule has 1 aliphatic rings. The topological polar surface area (TPSA) is 60.5 Å². The molecule has 0 aromatic rings. The van der Waals surface area contributed by atoms with Crippen LogP contribution in [0.5, 0.6) is 0 Å². The summed E-state index contributed by atoms with van der Waals surface area (Å²) >= 11 is 0. The highest BCUT2D eigenvalue weighted by Crippen LogP contribution is 1.96. The highest BCUT2D eigenvalue weighted by molar-refractivity contribution is 5.71.